The van der Waals surface area contributed by atoms with Crippen LogP contribution in [-0.4, -0.2) is 22.1 Å². The highest BCUT2D eigenvalue weighted by Gasteiger charge is 2.14. The van der Waals surface area contributed by atoms with Gasteiger partial charge in [0.15, 0.2) is 0 Å². The molecule has 1 heterocycles. The fourth-order valence-corrected chi connectivity index (χ4v) is 2.10. The van der Waals surface area contributed by atoms with Crippen molar-refractivity contribution in [2.45, 2.75) is 39.2 Å². The summed E-state index contributed by atoms with van der Waals surface area (Å²) in [5.74, 6) is 0.761. The van der Waals surface area contributed by atoms with Gasteiger partial charge in [0, 0.05) is 19.4 Å². The topological polar surface area (TPSA) is 94.0 Å². The fraction of sp³-hybridized carbons (Fsp3) is 0.400. The van der Waals surface area contributed by atoms with Crippen LogP contribution in [0.2, 0.25) is 0 Å². The Balaban J connectivity index is 2.12. The molecular formula is C15H20N4O2. The monoisotopic (exact) mass is 288 g/mol. The molecule has 0 radical (unpaired) electrons. The molecule has 112 valence electrons. The number of nitrogens with one attached hydrogen (secondary N) is 1. The molecule has 1 amide bonds. The van der Waals surface area contributed by atoms with Gasteiger partial charge >= 0.3 is 0 Å². The van der Waals surface area contributed by atoms with Gasteiger partial charge in [-0.15, -0.1) is 10.2 Å². The Morgan fingerprint density at radius 3 is 2.81 bits per heavy atom. The molecule has 0 saturated carbocycles. The summed E-state index contributed by atoms with van der Waals surface area (Å²) < 4.78 is 5.41. The first-order valence-corrected chi connectivity index (χ1v) is 7.05. The predicted molar refractivity (Wildman–Crippen MR) is 80.6 cm³/mol. The van der Waals surface area contributed by atoms with E-state index in [1.807, 2.05) is 25.1 Å². The lowest BCUT2D eigenvalue weighted by atomic mass is 10.1. The van der Waals surface area contributed by atoms with Gasteiger partial charge in [0.2, 0.25) is 17.7 Å². The molecule has 3 N–H and O–H groups in total. The van der Waals surface area contributed by atoms with Crippen molar-refractivity contribution in [3.63, 3.8) is 0 Å². The Hall–Kier alpha value is -2.21. The lowest BCUT2D eigenvalue weighted by Gasteiger charge is -2.12. The summed E-state index contributed by atoms with van der Waals surface area (Å²) in [7, 11) is 0. The Labute approximate surface area is 123 Å². The first kappa shape index (κ1) is 15.2. The average Bonchev–Trinajstić information content (AvgIpc) is 2.86. The minimum absolute atomic E-state index is 0.111. The minimum Gasteiger partial charge on any atom is -0.421 e. The zero-order chi connectivity index (χ0) is 15.2. The third-order valence-electron chi connectivity index (χ3n) is 3.06. The highest BCUT2D eigenvalue weighted by molar-refractivity contribution is 5.94. The number of amides is 1. The molecule has 1 atom stereocenters. The number of aromatic nitrogens is 2. The SMILES string of the molecule is CCCC(N)CC(=O)Nc1ccccc1-c1nnc(C)o1. The molecule has 0 fully saturated rings. The van der Waals surface area contributed by atoms with Crippen LogP contribution >= 0.6 is 0 Å². The van der Waals surface area contributed by atoms with Gasteiger partial charge in [0.25, 0.3) is 0 Å². The standard InChI is InChI=1S/C15H20N4O2/c1-3-6-11(16)9-14(20)17-13-8-5-4-7-12(13)15-19-18-10(2)21-15/h4-5,7-8,11H,3,6,9,16H2,1-2H3,(H,17,20). The number of anilines is 1. The normalized spacial score (nSPS) is 12.1. The van der Waals surface area contributed by atoms with E-state index in [9.17, 15) is 4.79 Å². The summed E-state index contributed by atoms with van der Waals surface area (Å²) in [5, 5.41) is 10.6. The van der Waals surface area contributed by atoms with Crippen LogP contribution in [0.15, 0.2) is 28.7 Å². The Kier molecular flexibility index (Phi) is 5.05. The molecule has 0 aliphatic rings. The smallest absolute Gasteiger partial charge is 0.249 e. The molecule has 21 heavy (non-hydrogen) atoms. The quantitative estimate of drug-likeness (QED) is 0.851. The van der Waals surface area contributed by atoms with Gasteiger partial charge in [0.1, 0.15) is 0 Å². The number of benzene rings is 1. The zero-order valence-corrected chi connectivity index (χ0v) is 12.3. The summed E-state index contributed by atoms with van der Waals surface area (Å²) in [6.45, 7) is 3.77. The van der Waals surface area contributed by atoms with Gasteiger partial charge in [-0.05, 0) is 18.6 Å². The van der Waals surface area contributed by atoms with E-state index in [4.69, 9.17) is 10.2 Å². The third kappa shape index (κ3) is 4.13. The van der Waals surface area contributed by atoms with Gasteiger partial charge in [-0.25, -0.2) is 0 Å². The van der Waals surface area contributed by atoms with E-state index in [-0.39, 0.29) is 11.9 Å². The van der Waals surface area contributed by atoms with E-state index in [2.05, 4.69) is 15.5 Å². The van der Waals surface area contributed by atoms with Crippen LogP contribution in [0.5, 0.6) is 0 Å². The number of nitrogens with zero attached hydrogens (tertiary/aromatic N) is 2. The molecular weight excluding hydrogens is 268 g/mol. The van der Waals surface area contributed by atoms with E-state index in [0.717, 1.165) is 12.8 Å². The zero-order valence-electron chi connectivity index (χ0n) is 12.3. The molecule has 0 aliphatic heterocycles. The number of hydrogen-bond donors (Lipinski definition) is 2. The maximum atomic E-state index is 12.0. The predicted octanol–water partition coefficient (Wildman–Crippen LogP) is 2.50. The minimum atomic E-state index is -0.118. The Morgan fingerprint density at radius 1 is 1.38 bits per heavy atom. The van der Waals surface area contributed by atoms with Crippen LogP contribution in [0, 0.1) is 6.92 Å². The van der Waals surface area contributed by atoms with Crippen molar-refractivity contribution in [2.24, 2.45) is 5.73 Å². The molecule has 2 aromatic rings. The van der Waals surface area contributed by atoms with Gasteiger partial charge < -0.3 is 15.5 Å². The van der Waals surface area contributed by atoms with E-state index < -0.39 is 0 Å². The number of aryl methyl sites for hydroxylation is 1. The van der Waals surface area contributed by atoms with Crippen LogP contribution in [0.1, 0.15) is 32.1 Å². The lowest BCUT2D eigenvalue weighted by Crippen LogP contribution is -2.27. The molecule has 0 aliphatic carbocycles. The van der Waals surface area contributed by atoms with Crippen molar-refractivity contribution in [3.8, 4) is 11.5 Å². The summed E-state index contributed by atoms with van der Waals surface area (Å²) in [5.41, 5.74) is 7.24. The van der Waals surface area contributed by atoms with Gasteiger partial charge in [-0.3, -0.25) is 4.79 Å². The van der Waals surface area contributed by atoms with E-state index >= 15 is 0 Å². The van der Waals surface area contributed by atoms with Crippen LogP contribution in [0.3, 0.4) is 0 Å². The van der Waals surface area contributed by atoms with E-state index in [1.165, 1.54) is 0 Å². The molecule has 6 heteroatoms. The number of hydrogen-bond acceptors (Lipinski definition) is 5. The van der Waals surface area contributed by atoms with Crippen molar-refractivity contribution >= 4 is 11.6 Å². The largest absolute Gasteiger partial charge is 0.421 e. The molecule has 0 bridgehead atoms. The van der Waals surface area contributed by atoms with Gasteiger partial charge in [-0.2, -0.15) is 0 Å². The van der Waals surface area contributed by atoms with Crippen LogP contribution in [0.25, 0.3) is 11.5 Å². The highest BCUT2D eigenvalue weighted by Crippen LogP contribution is 2.26. The second-order valence-electron chi connectivity index (χ2n) is 4.97. The van der Waals surface area contributed by atoms with Gasteiger partial charge in [0.05, 0.1) is 11.3 Å². The van der Waals surface area contributed by atoms with Crippen molar-refractivity contribution < 1.29 is 9.21 Å². The number of para-hydroxylation sites is 1. The average molecular weight is 288 g/mol. The first-order valence-electron chi connectivity index (χ1n) is 7.05. The number of carbonyl (C=O) groups is 1. The van der Waals surface area contributed by atoms with E-state index in [1.54, 1.807) is 13.0 Å². The summed E-state index contributed by atoms with van der Waals surface area (Å²) in [6.07, 6.45) is 2.09. The van der Waals surface area contributed by atoms with Crippen LogP contribution in [0.4, 0.5) is 5.69 Å². The summed E-state index contributed by atoms with van der Waals surface area (Å²) >= 11 is 0. The third-order valence-corrected chi connectivity index (χ3v) is 3.06. The van der Waals surface area contributed by atoms with Crippen molar-refractivity contribution in [3.05, 3.63) is 30.2 Å². The highest BCUT2D eigenvalue weighted by atomic mass is 16.4. The van der Waals surface area contributed by atoms with Crippen molar-refractivity contribution in [2.75, 3.05) is 5.32 Å². The molecule has 1 unspecified atom stereocenters. The molecule has 2 rings (SSSR count). The summed E-state index contributed by atoms with van der Waals surface area (Å²) in [6, 6.07) is 7.21. The van der Waals surface area contributed by atoms with Crippen LogP contribution < -0.4 is 11.1 Å². The molecule has 1 aromatic heterocycles. The Morgan fingerprint density at radius 2 is 2.14 bits per heavy atom. The maximum absolute atomic E-state index is 12.0. The van der Waals surface area contributed by atoms with Crippen molar-refractivity contribution in [1.29, 1.82) is 0 Å². The molecule has 1 aromatic carbocycles. The Bertz CT molecular complexity index is 609. The van der Waals surface area contributed by atoms with Gasteiger partial charge in [-0.1, -0.05) is 25.5 Å². The van der Waals surface area contributed by atoms with E-state index in [0.29, 0.717) is 29.5 Å². The fourth-order valence-electron chi connectivity index (χ4n) is 2.10. The first-order chi connectivity index (χ1) is 10.1. The molecule has 6 nitrogen and oxygen atoms in total. The maximum Gasteiger partial charge on any atom is 0.249 e. The number of nitrogens with two attached hydrogens (primary N) is 1. The molecule has 0 spiro atoms. The van der Waals surface area contributed by atoms with Crippen LogP contribution in [-0.2, 0) is 4.79 Å². The second kappa shape index (κ2) is 6.99. The lowest BCUT2D eigenvalue weighted by molar-refractivity contribution is -0.116. The van der Waals surface area contributed by atoms with Crippen molar-refractivity contribution in [1.82, 2.24) is 10.2 Å². The number of rotatable bonds is 6. The summed E-state index contributed by atoms with van der Waals surface area (Å²) in [4.78, 5) is 12.0. The molecule has 0 saturated heterocycles. The second-order valence-corrected chi connectivity index (χ2v) is 4.97. The number of carbonyl (C=O) groups excluding carboxylic acids is 1.